The first-order valence-electron chi connectivity index (χ1n) is 14.6. The summed E-state index contributed by atoms with van der Waals surface area (Å²) in [4.78, 5) is 26.3. The van der Waals surface area contributed by atoms with Crippen LogP contribution in [-0.2, 0) is 19.3 Å². The lowest BCUT2D eigenvalue weighted by molar-refractivity contribution is 0.122. The largest absolute Gasteiger partial charge is 0.378 e. The highest BCUT2D eigenvalue weighted by atomic mass is 32.2. The maximum atomic E-state index is 14.3. The van der Waals surface area contributed by atoms with Crippen LogP contribution in [0.4, 0.5) is 16.3 Å². The number of nitrogens with zero attached hydrogens (tertiary/aromatic N) is 4. The van der Waals surface area contributed by atoms with Crippen LogP contribution in [0.3, 0.4) is 0 Å². The first-order chi connectivity index (χ1) is 19.7. The molecule has 222 valence electrons. The number of carbonyl (C=O) groups is 1. The van der Waals surface area contributed by atoms with Crippen molar-refractivity contribution in [2.24, 2.45) is 5.92 Å². The van der Waals surface area contributed by atoms with Crippen LogP contribution in [0.25, 0.3) is 11.4 Å². The Morgan fingerprint density at radius 1 is 1.17 bits per heavy atom. The molecule has 0 spiro atoms. The third-order valence-electron chi connectivity index (χ3n) is 8.39. The average Bonchev–Trinajstić information content (AvgIpc) is 3.66. The Balaban J connectivity index is 1.48. The second-order valence-corrected chi connectivity index (χ2v) is 14.0. The van der Waals surface area contributed by atoms with Crippen LogP contribution < -0.4 is 15.5 Å². The van der Waals surface area contributed by atoms with E-state index in [1.54, 1.807) is 6.08 Å². The van der Waals surface area contributed by atoms with E-state index >= 15 is 0 Å². The van der Waals surface area contributed by atoms with E-state index in [1.165, 1.54) is 0 Å². The lowest BCUT2D eigenvalue weighted by Gasteiger charge is -2.34. The maximum Gasteiger partial charge on any atom is 0.319 e. The number of hydrogen-bond donors (Lipinski definition) is 2. The lowest BCUT2D eigenvalue weighted by Crippen LogP contribution is -2.42. The van der Waals surface area contributed by atoms with Gasteiger partial charge < -0.3 is 25.2 Å². The standard InChI is InChI=1S/C30H42N6O4S/c1-4-25(22-7-8-22)41(38,39)30(13-5-6-14-30)26-21-27(36-17-19-40-20-18-36)34-28(33-26)23-9-11-24(12-10-23)32-29(37)31-15-16-35(2)3/h4,9-12,21-22,25H,1,5-8,13-20H2,2-3H3,(H2,31,32,37). The molecule has 3 fully saturated rings. The normalized spacial score (nSPS) is 19.6. The van der Waals surface area contributed by atoms with Crippen LogP contribution in [0, 0.1) is 5.92 Å². The number of ether oxygens (including phenoxy) is 1. The Morgan fingerprint density at radius 3 is 2.46 bits per heavy atom. The summed E-state index contributed by atoms with van der Waals surface area (Å²) in [5.74, 6) is 1.35. The van der Waals surface area contributed by atoms with Gasteiger partial charge in [-0.05, 0) is 70.0 Å². The SMILES string of the molecule is C=CC(C1CC1)S(=O)(=O)C1(c2cc(N3CCOCC3)nc(-c3ccc(NC(=O)NCCN(C)C)cc3)n2)CCCC1. The average molecular weight is 583 g/mol. The molecule has 11 heteroatoms. The molecule has 2 N–H and O–H groups in total. The summed E-state index contributed by atoms with van der Waals surface area (Å²) in [6, 6.07) is 8.99. The van der Waals surface area contributed by atoms with E-state index in [1.807, 2.05) is 49.3 Å². The molecule has 3 aliphatic rings. The van der Waals surface area contributed by atoms with Crippen molar-refractivity contribution >= 4 is 27.4 Å². The van der Waals surface area contributed by atoms with Gasteiger partial charge in [0, 0.05) is 43.5 Å². The number of rotatable bonds is 11. The number of hydrogen-bond acceptors (Lipinski definition) is 8. The van der Waals surface area contributed by atoms with Crippen LogP contribution in [0.2, 0.25) is 0 Å². The Kier molecular flexibility index (Phi) is 8.96. The zero-order chi connectivity index (χ0) is 29.0. The van der Waals surface area contributed by atoms with Crippen LogP contribution in [0.1, 0.15) is 44.2 Å². The number of urea groups is 1. The van der Waals surface area contributed by atoms with Gasteiger partial charge in [-0.15, -0.1) is 6.58 Å². The zero-order valence-electron chi connectivity index (χ0n) is 24.1. The highest BCUT2D eigenvalue weighted by Gasteiger charge is 2.54. The predicted molar refractivity (Wildman–Crippen MR) is 162 cm³/mol. The Labute approximate surface area is 243 Å². The molecule has 2 aliphatic carbocycles. The van der Waals surface area contributed by atoms with Crippen molar-refractivity contribution in [3.8, 4) is 11.4 Å². The van der Waals surface area contributed by atoms with Crippen molar-refractivity contribution in [1.82, 2.24) is 20.2 Å². The van der Waals surface area contributed by atoms with Crippen LogP contribution >= 0.6 is 0 Å². The Bertz CT molecular complexity index is 1330. The van der Waals surface area contributed by atoms with Crippen molar-refractivity contribution in [3.05, 3.63) is 48.7 Å². The van der Waals surface area contributed by atoms with E-state index in [9.17, 15) is 13.2 Å². The maximum absolute atomic E-state index is 14.3. The zero-order valence-corrected chi connectivity index (χ0v) is 25.0. The second kappa shape index (κ2) is 12.5. The highest BCUT2D eigenvalue weighted by molar-refractivity contribution is 7.93. The quantitative estimate of drug-likeness (QED) is 0.384. The number of anilines is 2. The molecule has 1 atom stereocenters. The lowest BCUT2D eigenvalue weighted by atomic mass is 10.0. The molecule has 1 aromatic carbocycles. The molecule has 1 aliphatic heterocycles. The van der Waals surface area contributed by atoms with Gasteiger partial charge in [-0.2, -0.15) is 0 Å². The molecule has 1 unspecified atom stereocenters. The molecule has 10 nitrogen and oxygen atoms in total. The summed E-state index contributed by atoms with van der Waals surface area (Å²) >= 11 is 0. The number of benzene rings is 1. The predicted octanol–water partition coefficient (Wildman–Crippen LogP) is 3.81. The molecule has 41 heavy (non-hydrogen) atoms. The van der Waals surface area contributed by atoms with E-state index in [0.29, 0.717) is 62.9 Å². The van der Waals surface area contributed by atoms with Gasteiger partial charge in [-0.25, -0.2) is 23.2 Å². The Morgan fingerprint density at radius 2 is 1.85 bits per heavy atom. The van der Waals surface area contributed by atoms with Gasteiger partial charge >= 0.3 is 6.03 Å². The van der Waals surface area contributed by atoms with Gasteiger partial charge in [0.25, 0.3) is 0 Å². The number of sulfone groups is 1. The number of amides is 2. The first kappa shape index (κ1) is 29.5. The fourth-order valence-electron chi connectivity index (χ4n) is 5.91. The topological polar surface area (TPSA) is 117 Å². The van der Waals surface area contributed by atoms with Gasteiger partial charge in [-0.3, -0.25) is 0 Å². The number of likely N-dealkylation sites (N-methyl/N-ethyl adjacent to an activating group) is 1. The van der Waals surface area contributed by atoms with E-state index in [4.69, 9.17) is 14.7 Å². The van der Waals surface area contributed by atoms with Gasteiger partial charge in [0.05, 0.1) is 24.2 Å². The summed E-state index contributed by atoms with van der Waals surface area (Å²) in [5.41, 5.74) is 1.98. The van der Waals surface area contributed by atoms with Crippen LogP contribution in [0.15, 0.2) is 43.0 Å². The molecule has 2 heterocycles. The minimum absolute atomic E-state index is 0.148. The minimum atomic E-state index is -3.59. The summed E-state index contributed by atoms with van der Waals surface area (Å²) in [6.45, 7) is 7.76. The van der Waals surface area contributed by atoms with E-state index in [2.05, 4.69) is 22.1 Å². The monoisotopic (exact) mass is 582 g/mol. The molecule has 2 saturated carbocycles. The molecular weight excluding hydrogens is 540 g/mol. The molecule has 5 rings (SSSR count). The fourth-order valence-corrected chi connectivity index (χ4v) is 8.72. The molecule has 2 aromatic rings. The highest BCUT2D eigenvalue weighted by Crippen LogP contribution is 2.51. The van der Waals surface area contributed by atoms with Gasteiger partial charge in [0.2, 0.25) is 0 Å². The van der Waals surface area contributed by atoms with Crippen molar-refractivity contribution in [2.45, 2.75) is 48.5 Å². The number of aromatic nitrogens is 2. The molecular formula is C30H42N6O4S. The van der Waals surface area contributed by atoms with Gasteiger partial charge in [0.1, 0.15) is 10.6 Å². The third kappa shape index (κ3) is 6.42. The van der Waals surface area contributed by atoms with Gasteiger partial charge in [0.15, 0.2) is 15.7 Å². The van der Waals surface area contributed by atoms with E-state index < -0.39 is 19.8 Å². The van der Waals surface area contributed by atoms with Crippen molar-refractivity contribution in [3.63, 3.8) is 0 Å². The molecule has 0 bridgehead atoms. The first-order valence-corrected chi connectivity index (χ1v) is 16.2. The van der Waals surface area contributed by atoms with Gasteiger partial charge in [-0.1, -0.05) is 18.9 Å². The van der Waals surface area contributed by atoms with Crippen molar-refractivity contribution in [2.75, 3.05) is 63.7 Å². The molecule has 2 amide bonds. The smallest absolute Gasteiger partial charge is 0.319 e. The van der Waals surface area contributed by atoms with Crippen molar-refractivity contribution in [1.29, 1.82) is 0 Å². The minimum Gasteiger partial charge on any atom is -0.378 e. The summed E-state index contributed by atoms with van der Waals surface area (Å²) in [5, 5.41) is 5.14. The molecule has 1 saturated heterocycles. The summed E-state index contributed by atoms with van der Waals surface area (Å²) in [6.07, 6.45) is 6.28. The number of nitrogens with one attached hydrogen (secondary N) is 2. The molecule has 0 radical (unpaired) electrons. The van der Waals surface area contributed by atoms with Crippen LogP contribution in [0.5, 0.6) is 0 Å². The third-order valence-corrected chi connectivity index (χ3v) is 11.4. The van der Waals surface area contributed by atoms with E-state index in [0.717, 1.165) is 43.6 Å². The Hall–Kier alpha value is -3.02. The van der Waals surface area contributed by atoms with Crippen molar-refractivity contribution < 1.29 is 17.9 Å². The van der Waals surface area contributed by atoms with Crippen LogP contribution in [-0.4, -0.2) is 88.1 Å². The number of carbonyl (C=O) groups excluding carboxylic acids is 1. The number of morpholine rings is 1. The summed E-state index contributed by atoms with van der Waals surface area (Å²) in [7, 11) is 0.315. The summed E-state index contributed by atoms with van der Waals surface area (Å²) < 4.78 is 33.2. The fraction of sp³-hybridized carbons (Fsp3) is 0.567. The van der Waals surface area contributed by atoms with E-state index in [-0.39, 0.29) is 11.9 Å². The second-order valence-electron chi connectivity index (χ2n) is 11.6. The molecule has 1 aromatic heterocycles.